The van der Waals surface area contributed by atoms with Crippen LogP contribution >= 0.6 is 11.3 Å². The number of nitrogens with one attached hydrogen (secondary N) is 1. The smallest absolute Gasteiger partial charge is 0.347 e. The lowest BCUT2D eigenvalue weighted by atomic mass is 9.87. The van der Waals surface area contributed by atoms with Gasteiger partial charge in [-0.3, -0.25) is 14.9 Å². The van der Waals surface area contributed by atoms with Gasteiger partial charge in [0, 0.05) is 0 Å². The molecule has 0 fully saturated rings. The van der Waals surface area contributed by atoms with Crippen molar-refractivity contribution in [2.45, 2.75) is 39.2 Å². The van der Waals surface area contributed by atoms with Gasteiger partial charge in [0.15, 0.2) is 12.7 Å². The summed E-state index contributed by atoms with van der Waals surface area (Å²) in [5.41, 5.74) is 1.17. The Morgan fingerprint density at radius 2 is 1.78 bits per heavy atom. The second-order valence-electron chi connectivity index (χ2n) is 7.00. The first kappa shape index (κ1) is 20.6. The van der Waals surface area contributed by atoms with Crippen molar-refractivity contribution in [3.8, 4) is 5.75 Å². The average molecular weight is 389 g/mol. The number of amides is 2. The maximum Gasteiger partial charge on any atom is 0.347 e. The second kappa shape index (κ2) is 8.81. The van der Waals surface area contributed by atoms with Crippen LogP contribution in [0.3, 0.4) is 0 Å². The fourth-order valence-electron chi connectivity index (χ4n) is 2.17. The first-order chi connectivity index (χ1) is 12.7. The molecule has 0 spiro atoms. The van der Waals surface area contributed by atoms with Crippen molar-refractivity contribution in [3.63, 3.8) is 0 Å². The van der Waals surface area contributed by atoms with Crippen LogP contribution in [0.2, 0.25) is 0 Å². The van der Waals surface area contributed by atoms with E-state index in [-0.39, 0.29) is 5.41 Å². The molecule has 0 radical (unpaired) electrons. The minimum absolute atomic E-state index is 0.0248. The van der Waals surface area contributed by atoms with Gasteiger partial charge in [0.1, 0.15) is 5.75 Å². The molecule has 27 heavy (non-hydrogen) atoms. The first-order valence-corrected chi connectivity index (χ1v) is 9.36. The molecule has 1 aromatic carbocycles. The Hall–Kier alpha value is -2.67. The topological polar surface area (TPSA) is 81.7 Å². The lowest BCUT2D eigenvalue weighted by molar-refractivity contribution is -0.154. The van der Waals surface area contributed by atoms with Crippen molar-refractivity contribution in [1.29, 1.82) is 0 Å². The molecule has 0 unspecified atom stereocenters. The van der Waals surface area contributed by atoms with E-state index in [1.54, 1.807) is 29.6 Å². The van der Waals surface area contributed by atoms with Crippen LogP contribution < -0.4 is 10.1 Å². The summed E-state index contributed by atoms with van der Waals surface area (Å²) in [6, 6.07) is 10.8. The van der Waals surface area contributed by atoms with Gasteiger partial charge in [-0.05, 0) is 41.5 Å². The Bertz CT molecular complexity index is 791. The Morgan fingerprint density at radius 1 is 1.11 bits per heavy atom. The number of carbonyl (C=O) groups excluding carboxylic acids is 3. The van der Waals surface area contributed by atoms with E-state index in [1.807, 2.05) is 12.1 Å². The molecule has 1 atom stereocenters. The molecule has 0 saturated heterocycles. The number of rotatable bonds is 6. The van der Waals surface area contributed by atoms with E-state index in [0.29, 0.717) is 10.6 Å². The fraction of sp³-hybridized carbons (Fsp3) is 0.350. The Morgan fingerprint density at radius 3 is 2.33 bits per heavy atom. The molecule has 1 N–H and O–H groups in total. The van der Waals surface area contributed by atoms with E-state index >= 15 is 0 Å². The van der Waals surface area contributed by atoms with Crippen LogP contribution in [-0.4, -0.2) is 30.5 Å². The van der Waals surface area contributed by atoms with Crippen LogP contribution in [0.5, 0.6) is 5.75 Å². The lowest BCUT2D eigenvalue weighted by Gasteiger charge is -2.20. The summed E-state index contributed by atoms with van der Waals surface area (Å²) in [7, 11) is 0. The first-order valence-electron chi connectivity index (χ1n) is 8.48. The van der Waals surface area contributed by atoms with E-state index in [2.05, 4.69) is 26.1 Å². The molecule has 0 bridgehead atoms. The predicted molar refractivity (Wildman–Crippen MR) is 103 cm³/mol. The number of carbonyl (C=O) groups is 3. The molecule has 2 aromatic rings. The molecule has 2 amide bonds. The number of ether oxygens (including phenoxy) is 2. The van der Waals surface area contributed by atoms with E-state index in [9.17, 15) is 14.4 Å². The third-order valence-electron chi connectivity index (χ3n) is 3.71. The van der Waals surface area contributed by atoms with Crippen LogP contribution in [0.15, 0.2) is 41.8 Å². The Labute approximate surface area is 162 Å². The summed E-state index contributed by atoms with van der Waals surface area (Å²) >= 11 is 1.21. The predicted octanol–water partition coefficient (Wildman–Crippen LogP) is 3.31. The summed E-state index contributed by atoms with van der Waals surface area (Å²) in [5.74, 6) is -1.36. The Kier molecular flexibility index (Phi) is 6.74. The fourth-order valence-corrected chi connectivity index (χ4v) is 2.79. The quantitative estimate of drug-likeness (QED) is 0.767. The number of imide groups is 1. The molecule has 6 nitrogen and oxygen atoms in total. The van der Waals surface area contributed by atoms with E-state index in [1.165, 1.54) is 18.3 Å². The van der Waals surface area contributed by atoms with Gasteiger partial charge in [-0.25, -0.2) is 4.79 Å². The van der Waals surface area contributed by atoms with Crippen molar-refractivity contribution in [3.05, 3.63) is 52.2 Å². The van der Waals surface area contributed by atoms with Gasteiger partial charge >= 0.3 is 5.97 Å². The summed E-state index contributed by atoms with van der Waals surface area (Å²) in [6.45, 7) is 7.31. The maximum atomic E-state index is 12.0. The van der Waals surface area contributed by atoms with Crippen LogP contribution in [0.4, 0.5) is 0 Å². The number of esters is 1. The van der Waals surface area contributed by atoms with Crippen molar-refractivity contribution in [2.24, 2.45) is 0 Å². The third-order valence-corrected chi connectivity index (χ3v) is 4.58. The lowest BCUT2D eigenvalue weighted by Crippen LogP contribution is -2.35. The minimum atomic E-state index is -0.883. The van der Waals surface area contributed by atoms with Gasteiger partial charge in [-0.2, -0.15) is 0 Å². The average Bonchev–Trinajstić information content (AvgIpc) is 3.14. The molecular formula is C20H23NO5S. The van der Waals surface area contributed by atoms with Crippen molar-refractivity contribution in [2.75, 3.05) is 6.61 Å². The molecule has 1 heterocycles. The summed E-state index contributed by atoms with van der Waals surface area (Å²) < 4.78 is 10.5. The standard InChI is InChI=1S/C20H23NO5S/c1-13(26-15-9-7-14(8-10-15)20(2,3)4)19(24)25-12-17(22)21-18(23)16-6-5-11-27-16/h5-11,13H,12H2,1-4H3,(H,21,22,23)/t13-/m1/s1. The van der Waals surface area contributed by atoms with E-state index in [0.717, 1.165) is 5.56 Å². The molecule has 1 aromatic heterocycles. The molecule has 2 rings (SSSR count). The maximum absolute atomic E-state index is 12.0. The molecule has 0 aliphatic heterocycles. The van der Waals surface area contributed by atoms with Crippen LogP contribution in [0.1, 0.15) is 42.9 Å². The highest BCUT2D eigenvalue weighted by atomic mass is 32.1. The second-order valence-corrected chi connectivity index (χ2v) is 7.94. The Balaban J connectivity index is 1.79. The molecule has 0 aliphatic carbocycles. The normalized spacial score (nSPS) is 12.1. The van der Waals surface area contributed by atoms with Gasteiger partial charge < -0.3 is 9.47 Å². The van der Waals surface area contributed by atoms with Crippen molar-refractivity contribution in [1.82, 2.24) is 5.32 Å². The number of hydrogen-bond donors (Lipinski definition) is 1. The van der Waals surface area contributed by atoms with Gasteiger partial charge in [-0.1, -0.05) is 39.0 Å². The highest BCUT2D eigenvalue weighted by Crippen LogP contribution is 2.24. The highest BCUT2D eigenvalue weighted by Gasteiger charge is 2.20. The van der Waals surface area contributed by atoms with Gasteiger partial charge in [0.25, 0.3) is 11.8 Å². The van der Waals surface area contributed by atoms with Crippen LogP contribution in [-0.2, 0) is 19.7 Å². The number of hydrogen-bond acceptors (Lipinski definition) is 6. The van der Waals surface area contributed by atoms with Crippen LogP contribution in [0, 0.1) is 0 Å². The molecule has 0 saturated carbocycles. The van der Waals surface area contributed by atoms with Gasteiger partial charge in [0.05, 0.1) is 4.88 Å². The van der Waals surface area contributed by atoms with E-state index < -0.39 is 30.5 Å². The van der Waals surface area contributed by atoms with Crippen LogP contribution in [0.25, 0.3) is 0 Å². The monoisotopic (exact) mass is 389 g/mol. The van der Waals surface area contributed by atoms with Crippen molar-refractivity contribution < 1.29 is 23.9 Å². The highest BCUT2D eigenvalue weighted by molar-refractivity contribution is 7.12. The summed E-state index contributed by atoms with van der Waals surface area (Å²) in [4.78, 5) is 35.9. The SMILES string of the molecule is C[C@@H](Oc1ccc(C(C)(C)C)cc1)C(=O)OCC(=O)NC(=O)c1cccs1. The summed E-state index contributed by atoms with van der Waals surface area (Å²) in [5, 5.41) is 3.89. The third kappa shape index (κ3) is 6.21. The van der Waals surface area contributed by atoms with Gasteiger partial charge in [0.2, 0.25) is 0 Å². The molecular weight excluding hydrogens is 366 g/mol. The zero-order valence-electron chi connectivity index (χ0n) is 15.8. The zero-order valence-corrected chi connectivity index (χ0v) is 16.6. The van der Waals surface area contributed by atoms with E-state index in [4.69, 9.17) is 9.47 Å². The van der Waals surface area contributed by atoms with Crippen molar-refractivity contribution >= 4 is 29.1 Å². The number of benzene rings is 1. The molecule has 0 aliphatic rings. The summed E-state index contributed by atoms with van der Waals surface area (Å²) in [6.07, 6.45) is -0.883. The van der Waals surface area contributed by atoms with Gasteiger partial charge in [-0.15, -0.1) is 11.3 Å². The number of thiophene rings is 1. The minimum Gasteiger partial charge on any atom is -0.479 e. The zero-order chi connectivity index (χ0) is 20.0. The largest absolute Gasteiger partial charge is 0.479 e. The molecule has 7 heteroatoms. The molecule has 144 valence electrons.